The molecule has 2 aromatic rings. The molecular formula is C24H32IN5O2. The van der Waals surface area contributed by atoms with Gasteiger partial charge in [-0.25, -0.2) is 0 Å². The van der Waals surface area contributed by atoms with Crippen LogP contribution in [0.4, 0.5) is 5.69 Å². The second kappa shape index (κ2) is 12.4. The first kappa shape index (κ1) is 25.6. The number of carbonyl (C=O) groups is 2. The SMILES string of the molecule is CN=C(NCCc1cccc(C(=O)N(C)C)c1)NCC(=O)N1CCCc2ccccc21.I. The van der Waals surface area contributed by atoms with E-state index in [4.69, 9.17) is 0 Å². The summed E-state index contributed by atoms with van der Waals surface area (Å²) in [5, 5.41) is 6.35. The highest BCUT2D eigenvalue weighted by Gasteiger charge is 2.21. The fourth-order valence-corrected chi connectivity index (χ4v) is 3.71. The van der Waals surface area contributed by atoms with E-state index >= 15 is 0 Å². The van der Waals surface area contributed by atoms with Crippen LogP contribution in [0.25, 0.3) is 0 Å². The molecule has 0 saturated carbocycles. The molecule has 1 heterocycles. The Bertz CT molecular complexity index is 961. The first-order valence-corrected chi connectivity index (χ1v) is 10.6. The van der Waals surface area contributed by atoms with Gasteiger partial charge in [0, 0.05) is 45.5 Å². The van der Waals surface area contributed by atoms with E-state index in [2.05, 4.69) is 21.7 Å². The topological polar surface area (TPSA) is 77.0 Å². The molecule has 0 aliphatic carbocycles. The fraction of sp³-hybridized carbons (Fsp3) is 0.375. The van der Waals surface area contributed by atoms with E-state index < -0.39 is 0 Å². The van der Waals surface area contributed by atoms with Crippen molar-refractivity contribution < 1.29 is 9.59 Å². The number of amides is 2. The molecule has 7 nitrogen and oxygen atoms in total. The molecule has 8 heteroatoms. The second-order valence-corrected chi connectivity index (χ2v) is 7.78. The first-order chi connectivity index (χ1) is 15.0. The van der Waals surface area contributed by atoms with E-state index in [0.29, 0.717) is 18.1 Å². The number of anilines is 1. The molecule has 0 atom stereocenters. The van der Waals surface area contributed by atoms with Gasteiger partial charge in [0.15, 0.2) is 5.96 Å². The molecule has 0 spiro atoms. The summed E-state index contributed by atoms with van der Waals surface area (Å²) in [6, 6.07) is 15.7. The van der Waals surface area contributed by atoms with Crippen molar-refractivity contribution in [3.8, 4) is 0 Å². The number of rotatable bonds is 6. The summed E-state index contributed by atoms with van der Waals surface area (Å²) in [6.07, 6.45) is 2.73. The van der Waals surface area contributed by atoms with E-state index in [1.807, 2.05) is 47.4 Å². The zero-order valence-corrected chi connectivity index (χ0v) is 21.3. The van der Waals surface area contributed by atoms with Crippen LogP contribution in [-0.2, 0) is 17.6 Å². The highest BCUT2D eigenvalue weighted by molar-refractivity contribution is 14.0. The lowest BCUT2D eigenvalue weighted by Gasteiger charge is -2.29. The third-order valence-electron chi connectivity index (χ3n) is 5.33. The number of aryl methyl sites for hydroxylation is 1. The Morgan fingerprint density at radius 1 is 1.09 bits per heavy atom. The van der Waals surface area contributed by atoms with Crippen LogP contribution in [0.15, 0.2) is 53.5 Å². The fourth-order valence-electron chi connectivity index (χ4n) is 3.71. The van der Waals surface area contributed by atoms with E-state index in [0.717, 1.165) is 37.1 Å². The summed E-state index contributed by atoms with van der Waals surface area (Å²) in [6.45, 7) is 1.56. The van der Waals surface area contributed by atoms with Crippen molar-refractivity contribution in [2.45, 2.75) is 19.3 Å². The molecule has 3 rings (SSSR count). The van der Waals surface area contributed by atoms with Gasteiger partial charge in [0.2, 0.25) is 5.91 Å². The summed E-state index contributed by atoms with van der Waals surface area (Å²) >= 11 is 0. The van der Waals surface area contributed by atoms with E-state index in [1.165, 1.54) is 5.56 Å². The number of carbonyl (C=O) groups excluding carboxylic acids is 2. The minimum atomic E-state index is -0.00918. The number of aliphatic imine (C=N–C) groups is 1. The van der Waals surface area contributed by atoms with Crippen molar-refractivity contribution in [1.82, 2.24) is 15.5 Å². The maximum Gasteiger partial charge on any atom is 0.253 e. The molecule has 0 unspecified atom stereocenters. The van der Waals surface area contributed by atoms with Gasteiger partial charge in [0.25, 0.3) is 5.91 Å². The molecule has 172 valence electrons. The third kappa shape index (κ3) is 6.69. The van der Waals surface area contributed by atoms with Crippen LogP contribution < -0.4 is 15.5 Å². The average molecular weight is 549 g/mol. The van der Waals surface area contributed by atoms with Gasteiger partial charge in [0.1, 0.15) is 0 Å². The smallest absolute Gasteiger partial charge is 0.253 e. The van der Waals surface area contributed by atoms with Crippen molar-refractivity contribution in [3.63, 3.8) is 0 Å². The van der Waals surface area contributed by atoms with Crippen LogP contribution in [0.2, 0.25) is 0 Å². The number of hydrogen-bond acceptors (Lipinski definition) is 3. The number of halogens is 1. The van der Waals surface area contributed by atoms with Crippen LogP contribution in [0, 0.1) is 0 Å². The number of nitrogens with zero attached hydrogens (tertiary/aromatic N) is 3. The molecular weight excluding hydrogens is 517 g/mol. The van der Waals surface area contributed by atoms with Crippen molar-refractivity contribution in [2.75, 3.05) is 45.7 Å². The summed E-state index contributed by atoms with van der Waals surface area (Å²) < 4.78 is 0. The van der Waals surface area contributed by atoms with Crippen LogP contribution in [0.3, 0.4) is 0 Å². The van der Waals surface area contributed by atoms with Gasteiger partial charge in [-0.15, -0.1) is 24.0 Å². The molecule has 0 bridgehead atoms. The third-order valence-corrected chi connectivity index (χ3v) is 5.33. The van der Waals surface area contributed by atoms with E-state index in [-0.39, 0.29) is 42.3 Å². The zero-order chi connectivity index (χ0) is 22.2. The van der Waals surface area contributed by atoms with Crippen molar-refractivity contribution in [3.05, 3.63) is 65.2 Å². The highest BCUT2D eigenvalue weighted by atomic mass is 127. The van der Waals surface area contributed by atoms with Crippen molar-refractivity contribution in [2.24, 2.45) is 4.99 Å². The quantitative estimate of drug-likeness (QED) is 0.330. The lowest BCUT2D eigenvalue weighted by atomic mass is 10.0. The average Bonchev–Trinajstić information content (AvgIpc) is 2.80. The van der Waals surface area contributed by atoms with Gasteiger partial charge in [-0.05, 0) is 48.6 Å². The van der Waals surface area contributed by atoms with Crippen molar-refractivity contribution >= 4 is 47.4 Å². The largest absolute Gasteiger partial charge is 0.356 e. The highest BCUT2D eigenvalue weighted by Crippen LogP contribution is 2.26. The molecule has 2 N–H and O–H groups in total. The number of guanidine groups is 1. The maximum atomic E-state index is 12.8. The number of nitrogens with one attached hydrogen (secondary N) is 2. The predicted octanol–water partition coefficient (Wildman–Crippen LogP) is 2.69. The Kier molecular flexibility index (Phi) is 9.96. The lowest BCUT2D eigenvalue weighted by Crippen LogP contribution is -2.46. The number of para-hydroxylation sites is 1. The summed E-state index contributed by atoms with van der Waals surface area (Å²) in [5.74, 6) is 0.606. The Labute approximate surface area is 207 Å². The van der Waals surface area contributed by atoms with Gasteiger partial charge < -0.3 is 20.4 Å². The lowest BCUT2D eigenvalue weighted by molar-refractivity contribution is -0.117. The van der Waals surface area contributed by atoms with Crippen LogP contribution in [0.1, 0.15) is 27.9 Å². The molecule has 0 aromatic heterocycles. The molecule has 0 radical (unpaired) electrons. The molecule has 2 aromatic carbocycles. The normalized spacial score (nSPS) is 13.0. The van der Waals surface area contributed by atoms with E-state index in [1.54, 1.807) is 26.0 Å². The van der Waals surface area contributed by atoms with E-state index in [9.17, 15) is 9.59 Å². The van der Waals surface area contributed by atoms with Gasteiger partial charge in [-0.1, -0.05) is 30.3 Å². The molecule has 0 saturated heterocycles. The van der Waals surface area contributed by atoms with Crippen LogP contribution in [0.5, 0.6) is 0 Å². The molecule has 0 fully saturated rings. The predicted molar refractivity (Wildman–Crippen MR) is 140 cm³/mol. The van der Waals surface area contributed by atoms with Crippen LogP contribution in [-0.4, -0.2) is 63.5 Å². The van der Waals surface area contributed by atoms with Gasteiger partial charge in [0.05, 0.1) is 6.54 Å². The minimum Gasteiger partial charge on any atom is -0.356 e. The van der Waals surface area contributed by atoms with Gasteiger partial charge >= 0.3 is 0 Å². The molecule has 32 heavy (non-hydrogen) atoms. The summed E-state index contributed by atoms with van der Waals surface area (Å²) in [4.78, 5) is 32.5. The maximum absolute atomic E-state index is 12.8. The van der Waals surface area contributed by atoms with Crippen molar-refractivity contribution in [1.29, 1.82) is 0 Å². The molecule has 1 aliphatic rings. The number of fused-ring (bicyclic) bond motifs is 1. The summed E-state index contributed by atoms with van der Waals surface area (Å²) in [5.41, 5.74) is 3.98. The Morgan fingerprint density at radius 2 is 1.88 bits per heavy atom. The molecule has 2 amide bonds. The standard InChI is InChI=1S/C24H31N5O2.HI/c1-25-24(26-14-13-18-8-6-10-20(16-18)23(31)28(2)3)27-17-22(30)29-15-7-11-19-9-4-5-12-21(19)29;/h4-6,8-10,12,16H,7,11,13-15,17H2,1-3H3,(H2,25,26,27);1H. The molecule has 1 aliphatic heterocycles. The number of benzene rings is 2. The minimum absolute atomic E-state index is 0. The summed E-state index contributed by atoms with van der Waals surface area (Å²) in [7, 11) is 5.18. The van der Waals surface area contributed by atoms with Gasteiger partial charge in [-0.2, -0.15) is 0 Å². The monoisotopic (exact) mass is 549 g/mol. The Morgan fingerprint density at radius 3 is 2.62 bits per heavy atom. The first-order valence-electron chi connectivity index (χ1n) is 10.6. The number of hydrogen-bond donors (Lipinski definition) is 2. The van der Waals surface area contributed by atoms with Gasteiger partial charge in [-0.3, -0.25) is 14.6 Å². The Balaban J connectivity index is 0.00000363. The zero-order valence-electron chi connectivity index (χ0n) is 18.9. The van der Waals surface area contributed by atoms with Crippen LogP contribution >= 0.6 is 24.0 Å². The second-order valence-electron chi connectivity index (χ2n) is 7.78. The Hall–Kier alpha value is -2.62.